The van der Waals surface area contributed by atoms with E-state index in [0.29, 0.717) is 5.95 Å². The third kappa shape index (κ3) is 2.45. The number of hydrogen-bond donors (Lipinski definition) is 1. The minimum Gasteiger partial charge on any atom is -0.369 e. The highest BCUT2D eigenvalue weighted by Gasteiger charge is 2.20. The van der Waals surface area contributed by atoms with Gasteiger partial charge in [0.25, 0.3) is 0 Å². The van der Waals surface area contributed by atoms with Crippen LogP contribution in [-0.4, -0.2) is 34.1 Å². The van der Waals surface area contributed by atoms with Crippen molar-refractivity contribution in [3.8, 4) is 0 Å². The first-order valence-corrected chi connectivity index (χ1v) is 7.21. The summed E-state index contributed by atoms with van der Waals surface area (Å²) in [6.45, 7) is 6.84. The molecule has 4 heteroatoms. The SMILES string of the molecule is CCN1CCC(Cn2c(N)nc3ccccc32)CC1. The Kier molecular flexibility index (Phi) is 3.42. The maximum absolute atomic E-state index is 6.07. The number of likely N-dealkylation sites (tertiary alicyclic amines) is 1. The van der Waals surface area contributed by atoms with E-state index in [-0.39, 0.29) is 0 Å². The average molecular weight is 258 g/mol. The van der Waals surface area contributed by atoms with E-state index < -0.39 is 0 Å². The van der Waals surface area contributed by atoms with Gasteiger partial charge in [-0.3, -0.25) is 0 Å². The molecule has 1 aliphatic heterocycles. The zero-order valence-corrected chi connectivity index (χ0v) is 11.5. The first-order valence-electron chi connectivity index (χ1n) is 7.21. The maximum Gasteiger partial charge on any atom is 0.201 e. The molecule has 1 saturated heterocycles. The molecule has 0 aliphatic carbocycles. The minimum atomic E-state index is 0.652. The number of piperidine rings is 1. The van der Waals surface area contributed by atoms with Gasteiger partial charge in [-0.2, -0.15) is 0 Å². The summed E-state index contributed by atoms with van der Waals surface area (Å²) in [6.07, 6.45) is 2.53. The van der Waals surface area contributed by atoms with Crippen molar-refractivity contribution in [3.05, 3.63) is 24.3 Å². The van der Waals surface area contributed by atoms with Crippen molar-refractivity contribution in [2.75, 3.05) is 25.4 Å². The van der Waals surface area contributed by atoms with Gasteiger partial charge in [-0.25, -0.2) is 4.98 Å². The van der Waals surface area contributed by atoms with E-state index >= 15 is 0 Å². The molecule has 4 nitrogen and oxygen atoms in total. The smallest absolute Gasteiger partial charge is 0.201 e. The van der Waals surface area contributed by atoms with Crippen LogP contribution in [0.15, 0.2) is 24.3 Å². The summed E-state index contributed by atoms with van der Waals surface area (Å²) in [6, 6.07) is 8.21. The van der Waals surface area contributed by atoms with Crippen molar-refractivity contribution in [2.45, 2.75) is 26.3 Å². The largest absolute Gasteiger partial charge is 0.369 e. The Morgan fingerprint density at radius 1 is 1.26 bits per heavy atom. The molecular weight excluding hydrogens is 236 g/mol. The number of hydrogen-bond acceptors (Lipinski definition) is 3. The fraction of sp³-hybridized carbons (Fsp3) is 0.533. The van der Waals surface area contributed by atoms with Crippen LogP contribution in [0.3, 0.4) is 0 Å². The number of aromatic nitrogens is 2. The van der Waals surface area contributed by atoms with E-state index in [1.807, 2.05) is 12.1 Å². The molecule has 3 rings (SSSR count). The van der Waals surface area contributed by atoms with E-state index in [0.717, 1.165) is 23.5 Å². The van der Waals surface area contributed by atoms with E-state index in [1.54, 1.807) is 0 Å². The van der Waals surface area contributed by atoms with Crippen LogP contribution in [0.5, 0.6) is 0 Å². The normalized spacial score (nSPS) is 18.2. The molecule has 2 N–H and O–H groups in total. The third-order valence-corrected chi connectivity index (χ3v) is 4.28. The number of rotatable bonds is 3. The summed E-state index contributed by atoms with van der Waals surface area (Å²) in [7, 11) is 0. The Morgan fingerprint density at radius 3 is 2.74 bits per heavy atom. The van der Waals surface area contributed by atoms with E-state index in [2.05, 4.69) is 33.5 Å². The second-order valence-corrected chi connectivity index (χ2v) is 5.45. The lowest BCUT2D eigenvalue weighted by atomic mass is 9.96. The number of anilines is 1. The number of nitrogen functional groups attached to an aromatic ring is 1. The Labute approximate surface area is 114 Å². The molecule has 0 spiro atoms. The highest BCUT2D eigenvalue weighted by molar-refractivity contribution is 5.78. The van der Waals surface area contributed by atoms with Crippen LogP contribution >= 0.6 is 0 Å². The molecule has 0 amide bonds. The molecule has 2 aromatic rings. The summed E-state index contributed by atoms with van der Waals surface area (Å²) in [5, 5.41) is 0. The first kappa shape index (κ1) is 12.5. The third-order valence-electron chi connectivity index (χ3n) is 4.28. The summed E-state index contributed by atoms with van der Waals surface area (Å²) in [5.41, 5.74) is 8.24. The Hall–Kier alpha value is -1.55. The number of nitrogens with zero attached hydrogens (tertiary/aromatic N) is 3. The van der Waals surface area contributed by atoms with Crippen molar-refractivity contribution in [1.29, 1.82) is 0 Å². The second-order valence-electron chi connectivity index (χ2n) is 5.45. The van der Waals surface area contributed by atoms with Crippen molar-refractivity contribution < 1.29 is 0 Å². The van der Waals surface area contributed by atoms with Crippen LogP contribution in [0.4, 0.5) is 5.95 Å². The molecule has 1 aromatic heterocycles. The number of para-hydroxylation sites is 2. The van der Waals surface area contributed by atoms with Crippen LogP contribution in [0.1, 0.15) is 19.8 Å². The van der Waals surface area contributed by atoms with Crippen LogP contribution in [0.2, 0.25) is 0 Å². The van der Waals surface area contributed by atoms with Crippen LogP contribution in [0.25, 0.3) is 11.0 Å². The van der Waals surface area contributed by atoms with Gasteiger partial charge < -0.3 is 15.2 Å². The Morgan fingerprint density at radius 2 is 2.00 bits per heavy atom. The fourth-order valence-corrected chi connectivity index (χ4v) is 3.03. The summed E-state index contributed by atoms with van der Waals surface area (Å²) in [5.74, 6) is 1.38. The quantitative estimate of drug-likeness (QED) is 0.919. The average Bonchev–Trinajstić information content (AvgIpc) is 2.76. The lowest BCUT2D eigenvalue weighted by Crippen LogP contribution is -2.34. The highest BCUT2D eigenvalue weighted by atomic mass is 15.2. The van der Waals surface area contributed by atoms with Crippen molar-refractivity contribution in [3.63, 3.8) is 0 Å². The Bertz CT molecular complexity index is 552. The van der Waals surface area contributed by atoms with Crippen molar-refractivity contribution in [1.82, 2.24) is 14.5 Å². The molecule has 102 valence electrons. The Balaban J connectivity index is 1.77. The predicted molar refractivity (Wildman–Crippen MR) is 79.0 cm³/mol. The molecule has 19 heavy (non-hydrogen) atoms. The van der Waals surface area contributed by atoms with Gasteiger partial charge in [-0.05, 0) is 50.5 Å². The zero-order chi connectivity index (χ0) is 13.2. The topological polar surface area (TPSA) is 47.1 Å². The van der Waals surface area contributed by atoms with Gasteiger partial charge in [0.2, 0.25) is 5.95 Å². The number of benzene rings is 1. The highest BCUT2D eigenvalue weighted by Crippen LogP contribution is 2.24. The predicted octanol–water partition coefficient (Wildman–Crippen LogP) is 2.35. The molecule has 1 aromatic carbocycles. The summed E-state index contributed by atoms with van der Waals surface area (Å²) >= 11 is 0. The van der Waals surface area contributed by atoms with E-state index in [9.17, 15) is 0 Å². The zero-order valence-electron chi connectivity index (χ0n) is 11.5. The van der Waals surface area contributed by atoms with Gasteiger partial charge in [-0.15, -0.1) is 0 Å². The second kappa shape index (κ2) is 5.21. The van der Waals surface area contributed by atoms with Crippen LogP contribution in [0, 0.1) is 5.92 Å². The molecule has 0 radical (unpaired) electrons. The molecular formula is C15H22N4. The standard InChI is InChI=1S/C15H22N4/c1-2-18-9-7-12(8-10-18)11-19-14-6-4-3-5-13(14)17-15(19)16/h3-6,12H,2,7-11H2,1H3,(H2,16,17). The number of nitrogens with two attached hydrogens (primary N) is 1. The molecule has 0 atom stereocenters. The molecule has 2 heterocycles. The van der Waals surface area contributed by atoms with Gasteiger partial charge in [0.1, 0.15) is 0 Å². The monoisotopic (exact) mass is 258 g/mol. The van der Waals surface area contributed by atoms with Crippen LogP contribution in [-0.2, 0) is 6.54 Å². The van der Waals surface area contributed by atoms with Gasteiger partial charge in [0.15, 0.2) is 0 Å². The maximum atomic E-state index is 6.07. The molecule has 0 bridgehead atoms. The van der Waals surface area contributed by atoms with Gasteiger partial charge in [0, 0.05) is 6.54 Å². The van der Waals surface area contributed by atoms with Gasteiger partial charge >= 0.3 is 0 Å². The summed E-state index contributed by atoms with van der Waals surface area (Å²) < 4.78 is 2.18. The fourth-order valence-electron chi connectivity index (χ4n) is 3.03. The van der Waals surface area contributed by atoms with Gasteiger partial charge in [0.05, 0.1) is 11.0 Å². The van der Waals surface area contributed by atoms with E-state index in [4.69, 9.17) is 5.73 Å². The molecule has 1 fully saturated rings. The number of imidazole rings is 1. The van der Waals surface area contributed by atoms with E-state index in [1.165, 1.54) is 32.5 Å². The van der Waals surface area contributed by atoms with Gasteiger partial charge in [-0.1, -0.05) is 19.1 Å². The van der Waals surface area contributed by atoms with Crippen molar-refractivity contribution in [2.24, 2.45) is 5.92 Å². The van der Waals surface area contributed by atoms with Crippen LogP contribution < -0.4 is 5.73 Å². The first-order chi connectivity index (χ1) is 9.28. The lowest BCUT2D eigenvalue weighted by molar-refractivity contribution is 0.182. The molecule has 1 aliphatic rings. The molecule has 0 unspecified atom stereocenters. The molecule has 0 saturated carbocycles. The minimum absolute atomic E-state index is 0.652. The summed E-state index contributed by atoms with van der Waals surface area (Å²) in [4.78, 5) is 6.96. The number of fused-ring (bicyclic) bond motifs is 1. The lowest BCUT2D eigenvalue weighted by Gasteiger charge is -2.31. The van der Waals surface area contributed by atoms with Crippen molar-refractivity contribution >= 4 is 17.0 Å².